The van der Waals surface area contributed by atoms with E-state index in [1.54, 1.807) is 31.2 Å². The number of hydrogen-bond acceptors (Lipinski definition) is 5. The van der Waals surface area contributed by atoms with Gasteiger partial charge in [-0.25, -0.2) is 0 Å². The second kappa shape index (κ2) is 8.25. The number of rotatable bonds is 6. The molecule has 0 aliphatic carbocycles. The number of carbonyl (C=O) groups is 2. The predicted molar refractivity (Wildman–Crippen MR) is 107 cm³/mol. The van der Waals surface area contributed by atoms with E-state index in [0.717, 1.165) is 11.1 Å². The molecule has 6 heteroatoms. The van der Waals surface area contributed by atoms with Crippen molar-refractivity contribution in [2.45, 2.75) is 33.6 Å². The SMILES string of the molecule is CCOC(=O)CCNC(=O)Cc1cccc2c(=O)c3ccc(C)c(C)c3oc12. The van der Waals surface area contributed by atoms with Gasteiger partial charge in [0.1, 0.15) is 11.2 Å². The highest BCUT2D eigenvalue weighted by molar-refractivity contribution is 5.94. The zero-order valence-electron chi connectivity index (χ0n) is 16.3. The molecule has 2 aromatic carbocycles. The summed E-state index contributed by atoms with van der Waals surface area (Å²) in [7, 11) is 0. The van der Waals surface area contributed by atoms with Crippen molar-refractivity contribution in [3.05, 3.63) is 57.2 Å². The number of benzene rings is 2. The molecule has 0 saturated carbocycles. The van der Waals surface area contributed by atoms with Crippen LogP contribution in [0.4, 0.5) is 0 Å². The van der Waals surface area contributed by atoms with E-state index < -0.39 is 0 Å². The Morgan fingerprint density at radius 2 is 1.82 bits per heavy atom. The number of aryl methyl sites for hydroxylation is 2. The fourth-order valence-corrected chi connectivity index (χ4v) is 3.14. The number of ether oxygens (including phenoxy) is 1. The summed E-state index contributed by atoms with van der Waals surface area (Å²) in [4.78, 5) is 36.5. The molecule has 28 heavy (non-hydrogen) atoms. The van der Waals surface area contributed by atoms with E-state index in [-0.39, 0.29) is 36.7 Å². The fourth-order valence-electron chi connectivity index (χ4n) is 3.14. The lowest BCUT2D eigenvalue weighted by molar-refractivity contribution is -0.143. The molecule has 3 aromatic rings. The van der Waals surface area contributed by atoms with Gasteiger partial charge in [-0.15, -0.1) is 0 Å². The molecule has 0 bridgehead atoms. The van der Waals surface area contributed by atoms with Crippen molar-refractivity contribution in [3.63, 3.8) is 0 Å². The summed E-state index contributed by atoms with van der Waals surface area (Å²) in [6, 6.07) is 8.90. The minimum absolute atomic E-state index is 0.0550. The summed E-state index contributed by atoms with van der Waals surface area (Å²) < 4.78 is 10.9. The molecule has 1 heterocycles. The van der Waals surface area contributed by atoms with Gasteiger partial charge in [-0.1, -0.05) is 18.2 Å². The number of para-hydroxylation sites is 1. The molecule has 0 saturated heterocycles. The monoisotopic (exact) mass is 381 g/mol. The maximum absolute atomic E-state index is 12.9. The number of esters is 1. The Hall–Kier alpha value is -3.15. The van der Waals surface area contributed by atoms with Gasteiger partial charge in [0.2, 0.25) is 11.3 Å². The van der Waals surface area contributed by atoms with Crippen LogP contribution in [-0.4, -0.2) is 25.0 Å². The van der Waals surface area contributed by atoms with Gasteiger partial charge in [0.15, 0.2) is 0 Å². The van der Waals surface area contributed by atoms with Gasteiger partial charge in [-0.3, -0.25) is 14.4 Å². The molecule has 3 rings (SSSR count). The third kappa shape index (κ3) is 3.91. The summed E-state index contributed by atoms with van der Waals surface area (Å²) in [6.45, 7) is 6.12. The van der Waals surface area contributed by atoms with Gasteiger partial charge in [-0.05, 0) is 44.0 Å². The number of hydrogen-bond donors (Lipinski definition) is 1. The van der Waals surface area contributed by atoms with Crippen molar-refractivity contribution in [2.24, 2.45) is 0 Å². The van der Waals surface area contributed by atoms with Crippen LogP contribution in [0.15, 0.2) is 39.5 Å². The van der Waals surface area contributed by atoms with E-state index in [2.05, 4.69) is 5.32 Å². The van der Waals surface area contributed by atoms with Crippen molar-refractivity contribution in [2.75, 3.05) is 13.2 Å². The largest absolute Gasteiger partial charge is 0.466 e. The Kier molecular flexibility index (Phi) is 5.78. The van der Waals surface area contributed by atoms with E-state index >= 15 is 0 Å². The van der Waals surface area contributed by atoms with Gasteiger partial charge >= 0.3 is 5.97 Å². The Labute approximate surface area is 162 Å². The Bertz CT molecular complexity index is 1110. The first-order chi connectivity index (χ1) is 13.4. The van der Waals surface area contributed by atoms with Crippen molar-refractivity contribution >= 4 is 33.8 Å². The van der Waals surface area contributed by atoms with Crippen LogP contribution in [0.25, 0.3) is 21.9 Å². The fraction of sp³-hybridized carbons (Fsp3) is 0.318. The zero-order valence-corrected chi connectivity index (χ0v) is 16.3. The highest BCUT2D eigenvalue weighted by Gasteiger charge is 2.15. The maximum Gasteiger partial charge on any atom is 0.307 e. The van der Waals surface area contributed by atoms with Crippen molar-refractivity contribution < 1.29 is 18.7 Å². The lowest BCUT2D eigenvalue weighted by atomic mass is 10.0. The van der Waals surface area contributed by atoms with E-state index in [1.807, 2.05) is 19.9 Å². The molecule has 0 aliphatic rings. The molecule has 1 aromatic heterocycles. The molecule has 1 N–H and O–H groups in total. The first kappa shape index (κ1) is 19.6. The molecular weight excluding hydrogens is 358 g/mol. The van der Waals surface area contributed by atoms with E-state index in [4.69, 9.17) is 9.15 Å². The molecule has 0 fully saturated rings. The van der Waals surface area contributed by atoms with Gasteiger partial charge in [0.05, 0.1) is 30.2 Å². The smallest absolute Gasteiger partial charge is 0.307 e. The van der Waals surface area contributed by atoms with Crippen LogP contribution in [0.1, 0.15) is 30.0 Å². The molecule has 146 valence electrons. The van der Waals surface area contributed by atoms with E-state index in [9.17, 15) is 14.4 Å². The van der Waals surface area contributed by atoms with Crippen LogP contribution in [0.2, 0.25) is 0 Å². The second-order valence-corrected chi connectivity index (χ2v) is 6.69. The first-order valence-corrected chi connectivity index (χ1v) is 9.29. The second-order valence-electron chi connectivity index (χ2n) is 6.69. The molecule has 0 radical (unpaired) electrons. The van der Waals surface area contributed by atoms with E-state index in [0.29, 0.717) is 34.1 Å². The Balaban J connectivity index is 1.90. The van der Waals surface area contributed by atoms with Crippen LogP contribution in [0, 0.1) is 13.8 Å². The third-order valence-corrected chi connectivity index (χ3v) is 4.77. The number of amides is 1. The Morgan fingerprint density at radius 3 is 2.57 bits per heavy atom. The van der Waals surface area contributed by atoms with Crippen molar-refractivity contribution in [1.29, 1.82) is 0 Å². The molecule has 0 spiro atoms. The standard InChI is InChI=1S/C22H23NO5/c1-4-27-19(25)10-11-23-18(24)12-15-6-5-7-16-20(26)17-9-8-13(2)14(3)21(17)28-22(15)16/h5-9H,4,10-12H2,1-3H3,(H,23,24). The molecule has 6 nitrogen and oxygen atoms in total. The van der Waals surface area contributed by atoms with Crippen LogP contribution in [0.3, 0.4) is 0 Å². The van der Waals surface area contributed by atoms with Gasteiger partial charge in [-0.2, -0.15) is 0 Å². The average Bonchev–Trinajstić information content (AvgIpc) is 2.66. The van der Waals surface area contributed by atoms with Crippen molar-refractivity contribution in [3.8, 4) is 0 Å². The summed E-state index contributed by atoms with van der Waals surface area (Å²) in [5.74, 6) is -0.600. The first-order valence-electron chi connectivity index (χ1n) is 9.29. The number of nitrogens with one attached hydrogen (secondary N) is 1. The van der Waals surface area contributed by atoms with Crippen LogP contribution in [-0.2, 0) is 20.7 Å². The molecule has 1 amide bonds. The highest BCUT2D eigenvalue weighted by atomic mass is 16.5. The summed E-state index contributed by atoms with van der Waals surface area (Å²) in [5.41, 5.74) is 3.44. The summed E-state index contributed by atoms with van der Waals surface area (Å²) in [5, 5.41) is 3.68. The molecular formula is C22H23NO5. The van der Waals surface area contributed by atoms with Crippen LogP contribution < -0.4 is 10.7 Å². The lowest BCUT2D eigenvalue weighted by Gasteiger charge is -2.10. The number of fused-ring (bicyclic) bond motifs is 2. The van der Waals surface area contributed by atoms with Crippen LogP contribution >= 0.6 is 0 Å². The van der Waals surface area contributed by atoms with Crippen LogP contribution in [0.5, 0.6) is 0 Å². The van der Waals surface area contributed by atoms with Crippen molar-refractivity contribution in [1.82, 2.24) is 5.32 Å². The molecule has 0 aliphatic heterocycles. The van der Waals surface area contributed by atoms with Gasteiger partial charge < -0.3 is 14.5 Å². The van der Waals surface area contributed by atoms with Gasteiger partial charge in [0, 0.05) is 12.1 Å². The Morgan fingerprint density at radius 1 is 1.07 bits per heavy atom. The lowest BCUT2D eigenvalue weighted by Crippen LogP contribution is -2.28. The minimum Gasteiger partial charge on any atom is -0.466 e. The summed E-state index contributed by atoms with van der Waals surface area (Å²) >= 11 is 0. The van der Waals surface area contributed by atoms with E-state index in [1.165, 1.54) is 0 Å². The summed E-state index contributed by atoms with van der Waals surface area (Å²) in [6.07, 6.45) is 0.173. The van der Waals surface area contributed by atoms with Gasteiger partial charge in [0.25, 0.3) is 0 Å². The topological polar surface area (TPSA) is 85.6 Å². The quantitative estimate of drug-likeness (QED) is 0.524. The predicted octanol–water partition coefficient (Wildman–Crippen LogP) is 3.17. The molecule has 0 atom stereocenters. The third-order valence-electron chi connectivity index (χ3n) is 4.77. The minimum atomic E-state index is -0.351. The molecule has 0 unspecified atom stereocenters. The zero-order chi connectivity index (χ0) is 20.3. The highest BCUT2D eigenvalue weighted by Crippen LogP contribution is 2.25. The average molecular weight is 381 g/mol. The normalized spacial score (nSPS) is 11.0. The maximum atomic E-state index is 12.9. The number of carbonyl (C=O) groups excluding carboxylic acids is 2.